The third kappa shape index (κ3) is 8.57. The number of carboxylic acid groups (broad SMARTS) is 1. The summed E-state index contributed by atoms with van der Waals surface area (Å²) >= 11 is 0. The van der Waals surface area contributed by atoms with Crippen LogP contribution in [0.2, 0.25) is 0 Å². The molecular weight excluding hydrogens is 216 g/mol. The van der Waals surface area contributed by atoms with Gasteiger partial charge in [0.25, 0.3) is 0 Å². The first-order chi connectivity index (χ1) is 6.93. The Morgan fingerprint density at radius 2 is 2.00 bits per heavy atom. The van der Waals surface area contributed by atoms with Gasteiger partial charge in [-0.25, -0.2) is 0 Å². The summed E-state index contributed by atoms with van der Waals surface area (Å²) in [5.74, 6) is -0.344. The number of hydrogen-bond acceptors (Lipinski definition) is 3. The Kier molecular flexibility index (Phi) is 7.60. The molecular formula is C10H20O4S. The van der Waals surface area contributed by atoms with Crippen molar-refractivity contribution in [1.29, 1.82) is 0 Å². The molecule has 0 saturated carbocycles. The number of ether oxygens (including phenoxy) is 1. The second kappa shape index (κ2) is 7.82. The van der Waals surface area contributed by atoms with E-state index in [4.69, 9.17) is 9.84 Å². The van der Waals surface area contributed by atoms with E-state index in [1.807, 2.05) is 13.8 Å². The Labute approximate surface area is 93.5 Å². The lowest BCUT2D eigenvalue weighted by Crippen LogP contribution is -2.20. The van der Waals surface area contributed by atoms with E-state index < -0.39 is 22.7 Å². The molecule has 15 heavy (non-hydrogen) atoms. The van der Waals surface area contributed by atoms with Crippen molar-refractivity contribution >= 4 is 16.8 Å². The summed E-state index contributed by atoms with van der Waals surface area (Å²) < 4.78 is 16.6. The van der Waals surface area contributed by atoms with Gasteiger partial charge in [0, 0.05) is 28.9 Å². The summed E-state index contributed by atoms with van der Waals surface area (Å²) in [4.78, 5) is 10.5. The molecule has 0 aliphatic carbocycles. The highest BCUT2D eigenvalue weighted by atomic mass is 32.2. The smallest absolute Gasteiger partial charge is 0.307 e. The van der Waals surface area contributed by atoms with Gasteiger partial charge in [0.1, 0.15) is 0 Å². The minimum atomic E-state index is -1.09. The third-order valence-electron chi connectivity index (χ3n) is 1.76. The lowest BCUT2D eigenvalue weighted by Gasteiger charge is -2.08. The maximum atomic E-state index is 11.4. The molecule has 0 amide bonds. The SMILES string of the molecule is CC(C)COCCS(=O)CC(C)C(=O)O. The number of aliphatic carboxylic acids is 1. The van der Waals surface area contributed by atoms with E-state index >= 15 is 0 Å². The molecule has 4 nitrogen and oxygen atoms in total. The monoisotopic (exact) mass is 236 g/mol. The zero-order valence-corrected chi connectivity index (χ0v) is 10.4. The number of rotatable bonds is 8. The van der Waals surface area contributed by atoms with Crippen LogP contribution in [-0.2, 0) is 20.3 Å². The predicted octanol–water partition coefficient (Wildman–Crippen LogP) is 1.13. The van der Waals surface area contributed by atoms with Crippen LogP contribution in [0.25, 0.3) is 0 Å². The van der Waals surface area contributed by atoms with Crippen molar-refractivity contribution in [2.24, 2.45) is 11.8 Å². The fourth-order valence-electron chi connectivity index (χ4n) is 0.904. The molecule has 5 heteroatoms. The molecule has 2 unspecified atom stereocenters. The first-order valence-corrected chi connectivity index (χ1v) is 6.57. The normalized spacial score (nSPS) is 15.2. The summed E-state index contributed by atoms with van der Waals surface area (Å²) in [6.07, 6.45) is 0. The van der Waals surface area contributed by atoms with Crippen molar-refractivity contribution in [2.75, 3.05) is 24.7 Å². The maximum Gasteiger partial charge on any atom is 0.307 e. The minimum absolute atomic E-state index is 0.209. The first-order valence-electron chi connectivity index (χ1n) is 5.09. The predicted molar refractivity (Wildman–Crippen MR) is 60.3 cm³/mol. The number of hydrogen-bond donors (Lipinski definition) is 1. The number of carboxylic acids is 1. The van der Waals surface area contributed by atoms with Crippen LogP contribution in [0.15, 0.2) is 0 Å². The van der Waals surface area contributed by atoms with Crippen LogP contribution in [0.5, 0.6) is 0 Å². The molecule has 0 radical (unpaired) electrons. The van der Waals surface area contributed by atoms with E-state index in [1.54, 1.807) is 6.92 Å². The fraction of sp³-hybridized carbons (Fsp3) is 0.900. The van der Waals surface area contributed by atoms with Gasteiger partial charge in [0.05, 0.1) is 12.5 Å². The summed E-state index contributed by atoms with van der Waals surface area (Å²) in [5.41, 5.74) is 0. The van der Waals surface area contributed by atoms with Crippen molar-refractivity contribution < 1.29 is 18.8 Å². The molecule has 0 fully saturated rings. The molecule has 0 rings (SSSR count). The van der Waals surface area contributed by atoms with E-state index in [1.165, 1.54) is 0 Å². The van der Waals surface area contributed by atoms with Crippen LogP contribution < -0.4 is 0 Å². The van der Waals surface area contributed by atoms with Crippen molar-refractivity contribution in [3.63, 3.8) is 0 Å². The fourth-order valence-corrected chi connectivity index (χ4v) is 2.08. The van der Waals surface area contributed by atoms with E-state index in [9.17, 15) is 9.00 Å². The van der Waals surface area contributed by atoms with E-state index in [0.29, 0.717) is 24.9 Å². The highest BCUT2D eigenvalue weighted by molar-refractivity contribution is 7.85. The zero-order chi connectivity index (χ0) is 11.8. The van der Waals surface area contributed by atoms with E-state index in [-0.39, 0.29) is 5.75 Å². The van der Waals surface area contributed by atoms with Crippen molar-refractivity contribution in [2.45, 2.75) is 20.8 Å². The van der Waals surface area contributed by atoms with Gasteiger partial charge in [0.2, 0.25) is 0 Å². The van der Waals surface area contributed by atoms with Gasteiger partial charge in [-0.15, -0.1) is 0 Å². The van der Waals surface area contributed by atoms with Gasteiger partial charge in [0.15, 0.2) is 0 Å². The molecule has 0 spiro atoms. The average Bonchev–Trinajstić information content (AvgIpc) is 2.12. The van der Waals surface area contributed by atoms with Crippen LogP contribution in [0.1, 0.15) is 20.8 Å². The second-order valence-corrected chi connectivity index (χ2v) is 5.64. The Bertz CT molecular complexity index is 215. The topological polar surface area (TPSA) is 63.6 Å². The Morgan fingerprint density at radius 1 is 1.40 bits per heavy atom. The van der Waals surface area contributed by atoms with Gasteiger partial charge < -0.3 is 9.84 Å². The van der Waals surface area contributed by atoms with Crippen LogP contribution >= 0.6 is 0 Å². The molecule has 0 aromatic carbocycles. The van der Waals surface area contributed by atoms with E-state index in [0.717, 1.165) is 0 Å². The summed E-state index contributed by atoms with van der Waals surface area (Å²) in [7, 11) is -1.09. The molecule has 1 N–H and O–H groups in total. The summed E-state index contributed by atoms with van der Waals surface area (Å²) in [6, 6.07) is 0. The molecule has 90 valence electrons. The lowest BCUT2D eigenvalue weighted by atomic mass is 10.2. The van der Waals surface area contributed by atoms with Crippen LogP contribution in [-0.4, -0.2) is 40.0 Å². The van der Waals surface area contributed by atoms with Gasteiger partial charge in [-0.3, -0.25) is 9.00 Å². The Hall–Kier alpha value is -0.420. The zero-order valence-electron chi connectivity index (χ0n) is 9.56. The molecule has 0 saturated heterocycles. The highest BCUT2D eigenvalue weighted by Crippen LogP contribution is 1.99. The molecule has 0 aliphatic heterocycles. The van der Waals surface area contributed by atoms with Crippen molar-refractivity contribution in [1.82, 2.24) is 0 Å². The Balaban J connectivity index is 3.54. The van der Waals surface area contributed by atoms with Gasteiger partial charge in [-0.05, 0) is 5.92 Å². The average molecular weight is 236 g/mol. The van der Waals surface area contributed by atoms with Crippen molar-refractivity contribution in [3.05, 3.63) is 0 Å². The van der Waals surface area contributed by atoms with Crippen LogP contribution in [0, 0.1) is 11.8 Å². The van der Waals surface area contributed by atoms with Crippen LogP contribution in [0.3, 0.4) is 0 Å². The highest BCUT2D eigenvalue weighted by Gasteiger charge is 2.14. The molecule has 0 aliphatic rings. The largest absolute Gasteiger partial charge is 0.481 e. The second-order valence-electron chi connectivity index (χ2n) is 4.02. The first kappa shape index (κ1) is 14.6. The molecule has 0 aromatic rings. The number of carbonyl (C=O) groups is 1. The van der Waals surface area contributed by atoms with E-state index in [2.05, 4.69) is 0 Å². The molecule has 0 aromatic heterocycles. The lowest BCUT2D eigenvalue weighted by molar-refractivity contribution is -0.140. The maximum absolute atomic E-state index is 11.4. The van der Waals surface area contributed by atoms with Gasteiger partial charge in [-0.2, -0.15) is 0 Å². The third-order valence-corrected chi connectivity index (χ3v) is 3.26. The Morgan fingerprint density at radius 3 is 2.47 bits per heavy atom. The van der Waals surface area contributed by atoms with Gasteiger partial charge in [-0.1, -0.05) is 20.8 Å². The molecule has 2 atom stereocenters. The minimum Gasteiger partial charge on any atom is -0.481 e. The summed E-state index contributed by atoms with van der Waals surface area (Å²) in [6.45, 7) is 6.75. The molecule has 0 bridgehead atoms. The summed E-state index contributed by atoms with van der Waals surface area (Å²) in [5, 5.41) is 8.61. The van der Waals surface area contributed by atoms with Crippen LogP contribution in [0.4, 0.5) is 0 Å². The standard InChI is InChI=1S/C10H20O4S/c1-8(2)6-14-4-5-15(13)7-9(3)10(11)12/h8-9H,4-7H2,1-3H3,(H,11,12). The molecule has 0 heterocycles. The van der Waals surface area contributed by atoms with Gasteiger partial charge >= 0.3 is 5.97 Å². The quantitative estimate of drug-likeness (QED) is 0.642. The van der Waals surface area contributed by atoms with Crippen molar-refractivity contribution in [3.8, 4) is 0 Å².